The van der Waals surface area contributed by atoms with Gasteiger partial charge in [-0.3, -0.25) is 0 Å². The molecule has 0 aliphatic carbocycles. The Morgan fingerprint density at radius 1 is 1.33 bits per heavy atom. The van der Waals surface area contributed by atoms with Crippen LogP contribution in [0.25, 0.3) is 0 Å². The fraction of sp³-hybridized carbons (Fsp3) is 0.538. The van der Waals surface area contributed by atoms with Crippen molar-refractivity contribution in [2.45, 2.75) is 18.4 Å². The molecule has 1 saturated heterocycles. The third-order valence-electron chi connectivity index (χ3n) is 4.21. The van der Waals surface area contributed by atoms with Crippen LogP contribution in [0.2, 0.25) is 0 Å². The minimum absolute atomic E-state index is 0.199. The van der Waals surface area contributed by atoms with Gasteiger partial charge in [0, 0.05) is 18.8 Å². The molecule has 18 heavy (non-hydrogen) atoms. The third-order valence-corrected chi connectivity index (χ3v) is 6.01. The van der Waals surface area contributed by atoms with Crippen LogP contribution in [0.4, 0.5) is 5.69 Å². The molecular formula is C13H18N2O2S. The van der Waals surface area contributed by atoms with Crippen molar-refractivity contribution < 1.29 is 8.42 Å². The molecule has 0 bridgehead atoms. The van der Waals surface area contributed by atoms with E-state index in [1.165, 1.54) is 11.3 Å². The molecule has 0 radical (unpaired) electrons. The van der Waals surface area contributed by atoms with Gasteiger partial charge in [-0.25, -0.2) is 8.42 Å². The Morgan fingerprint density at radius 2 is 2.11 bits per heavy atom. The number of nitrogens with zero attached hydrogens (tertiary/aromatic N) is 1. The van der Waals surface area contributed by atoms with Crippen LogP contribution in [-0.4, -0.2) is 38.6 Å². The topological polar surface area (TPSA) is 63.4 Å². The normalized spacial score (nSPS) is 29.5. The lowest BCUT2D eigenvalue weighted by Crippen LogP contribution is -2.54. The Bertz CT molecular complexity index is 570. The molecule has 2 aliphatic rings. The van der Waals surface area contributed by atoms with E-state index < -0.39 is 9.84 Å². The van der Waals surface area contributed by atoms with Gasteiger partial charge >= 0.3 is 0 Å². The first-order valence-electron chi connectivity index (χ1n) is 6.32. The molecule has 98 valence electrons. The summed E-state index contributed by atoms with van der Waals surface area (Å²) < 4.78 is 23.6. The highest BCUT2D eigenvalue weighted by Gasteiger charge is 2.47. The first kappa shape index (κ1) is 12.0. The van der Waals surface area contributed by atoms with E-state index in [9.17, 15) is 8.42 Å². The second-order valence-corrected chi connectivity index (χ2v) is 7.48. The van der Waals surface area contributed by atoms with Crippen molar-refractivity contribution >= 4 is 15.5 Å². The quantitative estimate of drug-likeness (QED) is 0.850. The zero-order valence-electron chi connectivity index (χ0n) is 10.3. The zero-order valence-corrected chi connectivity index (χ0v) is 11.1. The van der Waals surface area contributed by atoms with Crippen LogP contribution in [-0.2, 0) is 16.3 Å². The largest absolute Gasteiger partial charge is 0.363 e. The molecule has 0 spiro atoms. The van der Waals surface area contributed by atoms with Gasteiger partial charge < -0.3 is 10.6 Å². The number of nitrogens with two attached hydrogens (primary N) is 1. The van der Waals surface area contributed by atoms with Crippen LogP contribution < -0.4 is 10.6 Å². The van der Waals surface area contributed by atoms with Gasteiger partial charge in [0.25, 0.3) is 0 Å². The fourth-order valence-electron chi connectivity index (χ4n) is 3.21. The van der Waals surface area contributed by atoms with Gasteiger partial charge in [-0.05, 0) is 24.5 Å². The van der Waals surface area contributed by atoms with Crippen LogP contribution in [0, 0.1) is 0 Å². The molecule has 0 aromatic heterocycles. The van der Waals surface area contributed by atoms with E-state index in [4.69, 9.17) is 5.73 Å². The molecule has 1 fully saturated rings. The van der Waals surface area contributed by atoms with Gasteiger partial charge in [0.15, 0.2) is 9.84 Å². The van der Waals surface area contributed by atoms with Crippen LogP contribution in [0.1, 0.15) is 12.0 Å². The Hall–Kier alpha value is -1.07. The van der Waals surface area contributed by atoms with Crippen molar-refractivity contribution in [1.82, 2.24) is 0 Å². The van der Waals surface area contributed by atoms with E-state index in [-0.39, 0.29) is 17.0 Å². The number of benzene rings is 1. The SMILES string of the molecule is NCC1(N2CCc3ccccc32)CCS(=O)(=O)C1. The van der Waals surface area contributed by atoms with Gasteiger partial charge in [-0.1, -0.05) is 18.2 Å². The van der Waals surface area contributed by atoms with Crippen LogP contribution >= 0.6 is 0 Å². The highest BCUT2D eigenvalue weighted by Crippen LogP contribution is 2.38. The van der Waals surface area contributed by atoms with E-state index in [2.05, 4.69) is 17.0 Å². The van der Waals surface area contributed by atoms with Gasteiger partial charge in [-0.15, -0.1) is 0 Å². The van der Waals surface area contributed by atoms with Crippen molar-refractivity contribution in [3.8, 4) is 0 Å². The maximum atomic E-state index is 11.8. The van der Waals surface area contributed by atoms with E-state index in [1.54, 1.807) is 0 Å². The number of fused-ring (bicyclic) bond motifs is 1. The number of sulfone groups is 1. The molecule has 2 N–H and O–H groups in total. The summed E-state index contributed by atoms with van der Waals surface area (Å²) in [7, 11) is -2.93. The summed E-state index contributed by atoms with van der Waals surface area (Å²) in [5.74, 6) is 0.466. The molecule has 5 heteroatoms. The monoisotopic (exact) mass is 266 g/mol. The van der Waals surface area contributed by atoms with Crippen molar-refractivity contribution in [2.75, 3.05) is 29.5 Å². The number of rotatable bonds is 2. The molecule has 0 amide bonds. The van der Waals surface area contributed by atoms with Gasteiger partial charge in [0.05, 0.1) is 17.0 Å². The average molecular weight is 266 g/mol. The first-order chi connectivity index (χ1) is 8.56. The lowest BCUT2D eigenvalue weighted by atomic mass is 9.96. The number of anilines is 1. The van der Waals surface area contributed by atoms with Gasteiger partial charge in [0.2, 0.25) is 0 Å². The molecule has 1 unspecified atom stereocenters. The molecular weight excluding hydrogens is 248 g/mol. The second-order valence-electron chi connectivity index (χ2n) is 5.30. The molecule has 2 aliphatic heterocycles. The number of hydrogen-bond donors (Lipinski definition) is 1. The average Bonchev–Trinajstić information content (AvgIpc) is 2.91. The minimum Gasteiger partial charge on any atom is -0.363 e. The predicted molar refractivity (Wildman–Crippen MR) is 72.5 cm³/mol. The lowest BCUT2D eigenvalue weighted by Gasteiger charge is -2.39. The molecule has 1 aromatic rings. The molecule has 2 heterocycles. The molecule has 1 atom stereocenters. The number of hydrogen-bond acceptors (Lipinski definition) is 4. The summed E-state index contributed by atoms with van der Waals surface area (Å²) in [4.78, 5) is 2.23. The zero-order chi connectivity index (χ0) is 12.8. The summed E-state index contributed by atoms with van der Waals surface area (Å²) in [6.07, 6.45) is 1.64. The maximum absolute atomic E-state index is 11.8. The van der Waals surface area contributed by atoms with Crippen molar-refractivity contribution in [1.29, 1.82) is 0 Å². The first-order valence-corrected chi connectivity index (χ1v) is 8.15. The second kappa shape index (κ2) is 3.96. The van der Waals surface area contributed by atoms with Crippen LogP contribution in [0.5, 0.6) is 0 Å². The van der Waals surface area contributed by atoms with Gasteiger partial charge in [-0.2, -0.15) is 0 Å². The molecule has 1 aromatic carbocycles. The Kier molecular flexibility index (Phi) is 2.64. The summed E-state index contributed by atoms with van der Waals surface area (Å²) >= 11 is 0. The van der Waals surface area contributed by atoms with Crippen LogP contribution in [0.15, 0.2) is 24.3 Å². The standard InChI is InChI=1S/C13H18N2O2S/c14-9-13(6-8-18(16,17)10-13)15-7-5-11-3-1-2-4-12(11)15/h1-4H,5-10,14H2. The highest BCUT2D eigenvalue weighted by atomic mass is 32.2. The van der Waals surface area contributed by atoms with Gasteiger partial charge in [0.1, 0.15) is 0 Å². The molecule has 4 nitrogen and oxygen atoms in total. The molecule has 3 rings (SSSR count). The van der Waals surface area contributed by atoms with E-state index in [0.29, 0.717) is 13.0 Å². The van der Waals surface area contributed by atoms with Crippen molar-refractivity contribution in [3.05, 3.63) is 29.8 Å². The van der Waals surface area contributed by atoms with Crippen molar-refractivity contribution in [2.24, 2.45) is 5.73 Å². The predicted octanol–water partition coefficient (Wildman–Crippen LogP) is 0.565. The summed E-state index contributed by atoms with van der Waals surface area (Å²) in [5.41, 5.74) is 8.00. The summed E-state index contributed by atoms with van der Waals surface area (Å²) in [6.45, 7) is 1.28. The Labute approximate surface area is 108 Å². The summed E-state index contributed by atoms with van der Waals surface area (Å²) in [6, 6.07) is 8.22. The van der Waals surface area contributed by atoms with Crippen LogP contribution in [0.3, 0.4) is 0 Å². The summed E-state index contributed by atoms with van der Waals surface area (Å²) in [5, 5.41) is 0. The third kappa shape index (κ3) is 1.73. The minimum atomic E-state index is -2.93. The molecule has 0 saturated carbocycles. The Balaban J connectivity index is 2.01. The maximum Gasteiger partial charge on any atom is 0.152 e. The highest BCUT2D eigenvalue weighted by molar-refractivity contribution is 7.91. The van der Waals surface area contributed by atoms with Crippen molar-refractivity contribution in [3.63, 3.8) is 0 Å². The van der Waals surface area contributed by atoms with E-state index >= 15 is 0 Å². The fourth-order valence-corrected chi connectivity index (χ4v) is 5.29. The number of para-hydroxylation sites is 1. The van der Waals surface area contributed by atoms with E-state index in [1.807, 2.05) is 12.1 Å². The smallest absolute Gasteiger partial charge is 0.152 e. The lowest BCUT2D eigenvalue weighted by molar-refractivity contribution is 0.448. The Morgan fingerprint density at radius 3 is 2.78 bits per heavy atom. The van der Waals surface area contributed by atoms with E-state index in [0.717, 1.165) is 13.0 Å².